The molecular formula is C15H18ClFN2S. The average molecular weight is 313 g/mol. The van der Waals surface area contributed by atoms with Gasteiger partial charge in [-0.3, -0.25) is 0 Å². The molecule has 1 fully saturated rings. The van der Waals surface area contributed by atoms with Gasteiger partial charge in [-0.15, -0.1) is 0 Å². The molecule has 0 atom stereocenters. The minimum Gasteiger partial charge on any atom is -0.331 e. The first-order valence-corrected chi connectivity index (χ1v) is 7.91. The van der Waals surface area contributed by atoms with Crippen molar-refractivity contribution in [2.75, 3.05) is 0 Å². The van der Waals surface area contributed by atoms with E-state index in [1.807, 2.05) is 4.57 Å². The molecule has 0 unspecified atom stereocenters. The Bertz CT molecular complexity index is 698. The summed E-state index contributed by atoms with van der Waals surface area (Å²) in [7, 11) is 0. The van der Waals surface area contributed by atoms with Crippen LogP contribution >= 0.6 is 23.8 Å². The van der Waals surface area contributed by atoms with Gasteiger partial charge >= 0.3 is 0 Å². The minimum absolute atomic E-state index is 0.131. The zero-order chi connectivity index (χ0) is 14.3. The average Bonchev–Trinajstić information content (AvgIpc) is 2.99. The normalized spacial score (nSPS) is 17.9. The van der Waals surface area contributed by atoms with Crippen molar-refractivity contribution in [3.05, 3.63) is 27.7 Å². The summed E-state index contributed by atoms with van der Waals surface area (Å²) in [5.74, 6) is -0.390. The molecule has 20 heavy (non-hydrogen) atoms. The molecule has 2 nitrogen and oxygen atoms in total. The van der Waals surface area contributed by atoms with Gasteiger partial charge in [-0.25, -0.2) is 4.39 Å². The van der Waals surface area contributed by atoms with Crippen LogP contribution in [0.2, 0.25) is 5.02 Å². The second-order valence-electron chi connectivity index (χ2n) is 5.86. The molecule has 2 aromatic rings. The number of nitrogens with zero attached hydrogens (tertiary/aromatic N) is 1. The van der Waals surface area contributed by atoms with Crippen LogP contribution in [0.3, 0.4) is 0 Å². The van der Waals surface area contributed by atoms with Gasteiger partial charge in [0.15, 0.2) is 4.77 Å². The molecule has 0 spiro atoms. The van der Waals surface area contributed by atoms with Gasteiger partial charge in [-0.2, -0.15) is 0 Å². The maximum atomic E-state index is 13.7. The fourth-order valence-corrected chi connectivity index (χ4v) is 3.83. The zero-order valence-corrected chi connectivity index (χ0v) is 13.1. The molecule has 0 bridgehead atoms. The lowest BCUT2D eigenvalue weighted by Gasteiger charge is -2.28. The number of fused-ring (bicyclic) bond motifs is 1. The van der Waals surface area contributed by atoms with Crippen LogP contribution in [0.4, 0.5) is 4.39 Å². The summed E-state index contributed by atoms with van der Waals surface area (Å²) < 4.78 is 16.4. The molecule has 0 amide bonds. The van der Waals surface area contributed by atoms with Gasteiger partial charge in [0.05, 0.1) is 16.1 Å². The molecule has 0 aliphatic heterocycles. The summed E-state index contributed by atoms with van der Waals surface area (Å²) >= 11 is 11.2. The Morgan fingerprint density at radius 1 is 1.40 bits per heavy atom. The third-order valence-electron chi connectivity index (χ3n) is 4.72. The molecule has 1 aliphatic carbocycles. The number of aromatic amines is 1. The van der Waals surface area contributed by atoms with Gasteiger partial charge in [0, 0.05) is 12.6 Å². The van der Waals surface area contributed by atoms with E-state index in [1.54, 1.807) is 6.07 Å². The largest absolute Gasteiger partial charge is 0.331 e. The highest BCUT2D eigenvalue weighted by Gasteiger charge is 2.33. The standard InChI is InChI=1S/C15H18ClFN2S/c1-2-15(5-3-4-6-15)9-19-13-8-11(17)10(16)7-12(13)18-14(19)20/h7-8H,2-6,9H2,1H3,(H,18,20). The van der Waals surface area contributed by atoms with Gasteiger partial charge in [0.25, 0.3) is 0 Å². The predicted octanol–water partition coefficient (Wildman–Crippen LogP) is 5.46. The molecule has 1 aliphatic rings. The molecule has 0 radical (unpaired) electrons. The van der Waals surface area contributed by atoms with Gasteiger partial charge in [0.1, 0.15) is 5.82 Å². The highest BCUT2D eigenvalue weighted by atomic mass is 35.5. The van der Waals surface area contributed by atoms with E-state index in [1.165, 1.54) is 31.7 Å². The topological polar surface area (TPSA) is 20.7 Å². The molecule has 1 aromatic heterocycles. The Hall–Kier alpha value is -0.870. The fourth-order valence-electron chi connectivity index (χ4n) is 3.39. The third kappa shape index (κ3) is 2.29. The third-order valence-corrected chi connectivity index (χ3v) is 5.34. The number of imidazole rings is 1. The zero-order valence-electron chi connectivity index (χ0n) is 11.5. The van der Waals surface area contributed by atoms with Crippen LogP contribution in [0, 0.1) is 16.0 Å². The number of H-pyrrole nitrogens is 1. The smallest absolute Gasteiger partial charge is 0.178 e. The van der Waals surface area contributed by atoms with Crippen molar-refractivity contribution < 1.29 is 4.39 Å². The summed E-state index contributed by atoms with van der Waals surface area (Å²) in [6, 6.07) is 3.11. The molecule has 1 aromatic carbocycles. The molecule has 1 saturated carbocycles. The van der Waals surface area contributed by atoms with E-state index in [9.17, 15) is 4.39 Å². The van der Waals surface area contributed by atoms with Gasteiger partial charge in [0.2, 0.25) is 0 Å². The van der Waals surface area contributed by atoms with Crippen molar-refractivity contribution in [3.63, 3.8) is 0 Å². The molecule has 0 saturated heterocycles. The lowest BCUT2D eigenvalue weighted by Crippen LogP contribution is -2.22. The number of benzene rings is 1. The first kappa shape index (κ1) is 14.1. The Labute approximate surface area is 127 Å². The second kappa shape index (κ2) is 5.15. The summed E-state index contributed by atoms with van der Waals surface area (Å²) in [5, 5.41) is 0.131. The SMILES string of the molecule is CCC1(Cn2c(=S)[nH]c3cc(Cl)c(F)cc32)CCCC1. The van der Waals surface area contributed by atoms with E-state index >= 15 is 0 Å². The van der Waals surface area contributed by atoms with Crippen LogP contribution in [0.5, 0.6) is 0 Å². The first-order valence-electron chi connectivity index (χ1n) is 7.12. The molecule has 3 rings (SSSR count). The Morgan fingerprint density at radius 3 is 2.75 bits per heavy atom. The van der Waals surface area contributed by atoms with E-state index in [2.05, 4.69) is 11.9 Å². The first-order chi connectivity index (χ1) is 9.54. The van der Waals surface area contributed by atoms with E-state index in [0.717, 1.165) is 24.0 Å². The van der Waals surface area contributed by atoms with Crippen molar-refractivity contribution in [3.8, 4) is 0 Å². The molecule has 108 valence electrons. The number of halogens is 2. The lowest BCUT2D eigenvalue weighted by atomic mass is 9.83. The van der Waals surface area contributed by atoms with E-state index in [0.29, 0.717) is 10.2 Å². The number of hydrogen-bond donors (Lipinski definition) is 1. The van der Waals surface area contributed by atoms with Crippen molar-refractivity contribution >= 4 is 34.9 Å². The monoisotopic (exact) mass is 312 g/mol. The van der Waals surface area contributed by atoms with Crippen LogP contribution in [0.25, 0.3) is 11.0 Å². The Balaban J connectivity index is 2.09. The summed E-state index contributed by atoms with van der Waals surface area (Å²) in [6.45, 7) is 3.10. The predicted molar refractivity (Wildman–Crippen MR) is 83.3 cm³/mol. The van der Waals surface area contributed by atoms with Crippen LogP contribution in [0.1, 0.15) is 39.0 Å². The highest BCUT2D eigenvalue weighted by molar-refractivity contribution is 7.71. The van der Waals surface area contributed by atoms with Crippen LogP contribution < -0.4 is 0 Å². The minimum atomic E-state index is -0.390. The Morgan fingerprint density at radius 2 is 2.10 bits per heavy atom. The van der Waals surface area contributed by atoms with Gasteiger partial charge in [-0.1, -0.05) is 31.4 Å². The maximum Gasteiger partial charge on any atom is 0.178 e. The molecular weight excluding hydrogens is 295 g/mol. The molecule has 5 heteroatoms. The van der Waals surface area contributed by atoms with Crippen molar-refractivity contribution in [2.24, 2.45) is 5.41 Å². The number of rotatable bonds is 3. The van der Waals surface area contributed by atoms with Crippen molar-refractivity contribution in [1.29, 1.82) is 0 Å². The summed E-state index contributed by atoms with van der Waals surface area (Å²) in [4.78, 5) is 3.14. The lowest BCUT2D eigenvalue weighted by molar-refractivity contribution is 0.239. The molecule has 1 N–H and O–H groups in total. The quantitative estimate of drug-likeness (QED) is 0.746. The van der Waals surface area contributed by atoms with Crippen molar-refractivity contribution in [2.45, 2.75) is 45.6 Å². The fraction of sp³-hybridized carbons (Fsp3) is 0.533. The van der Waals surface area contributed by atoms with Crippen LogP contribution in [-0.4, -0.2) is 9.55 Å². The van der Waals surface area contributed by atoms with Crippen LogP contribution in [-0.2, 0) is 6.54 Å². The van der Waals surface area contributed by atoms with Gasteiger partial charge < -0.3 is 9.55 Å². The van der Waals surface area contributed by atoms with Gasteiger partial charge in [-0.05, 0) is 43.0 Å². The second-order valence-corrected chi connectivity index (χ2v) is 6.65. The van der Waals surface area contributed by atoms with Crippen LogP contribution in [0.15, 0.2) is 12.1 Å². The van der Waals surface area contributed by atoms with Crippen molar-refractivity contribution in [1.82, 2.24) is 9.55 Å². The number of hydrogen-bond acceptors (Lipinski definition) is 1. The summed E-state index contributed by atoms with van der Waals surface area (Å²) in [6.07, 6.45) is 6.16. The molecule has 1 heterocycles. The maximum absolute atomic E-state index is 13.7. The number of aromatic nitrogens is 2. The van der Waals surface area contributed by atoms with E-state index in [4.69, 9.17) is 23.8 Å². The highest BCUT2D eigenvalue weighted by Crippen LogP contribution is 2.43. The van der Waals surface area contributed by atoms with E-state index < -0.39 is 0 Å². The Kier molecular flexibility index (Phi) is 3.63. The summed E-state index contributed by atoms with van der Waals surface area (Å²) in [5.41, 5.74) is 1.94. The number of nitrogens with one attached hydrogen (secondary N) is 1. The van der Waals surface area contributed by atoms with E-state index in [-0.39, 0.29) is 10.8 Å².